The van der Waals surface area contributed by atoms with Gasteiger partial charge in [-0.25, -0.2) is 0 Å². The van der Waals surface area contributed by atoms with Gasteiger partial charge in [-0.15, -0.1) is 0 Å². The Labute approximate surface area is 222 Å². The van der Waals surface area contributed by atoms with Crippen LogP contribution in [0.5, 0.6) is 23.0 Å². The molecule has 8 nitrogen and oxygen atoms in total. The Morgan fingerprint density at radius 3 is 2.29 bits per heavy atom. The quantitative estimate of drug-likeness (QED) is 0.239. The number of hydrogen-bond donors (Lipinski definition) is 1. The molecule has 3 aromatic rings. The van der Waals surface area contributed by atoms with E-state index in [0.29, 0.717) is 28.6 Å². The first-order chi connectivity index (χ1) is 18.3. The fraction of sp³-hybridized carbons (Fsp3) is 0.267. The number of Topliss-reactive ketones (excluding diaryl/α,β-unsaturated/α-hetero) is 1. The average molecular weight is 518 g/mol. The first-order valence-corrected chi connectivity index (χ1v) is 12.2. The third-order valence-electron chi connectivity index (χ3n) is 6.28. The van der Waals surface area contributed by atoms with Crippen LogP contribution in [-0.2, 0) is 16.1 Å². The van der Waals surface area contributed by atoms with E-state index in [-0.39, 0.29) is 29.5 Å². The first-order valence-electron chi connectivity index (χ1n) is 12.2. The van der Waals surface area contributed by atoms with Crippen molar-refractivity contribution < 1.29 is 33.6 Å². The van der Waals surface area contributed by atoms with Gasteiger partial charge >= 0.3 is 0 Å². The van der Waals surface area contributed by atoms with Crippen molar-refractivity contribution in [1.82, 2.24) is 4.90 Å². The molecule has 1 aliphatic heterocycles. The zero-order chi connectivity index (χ0) is 27.4. The molecule has 0 saturated carbocycles. The largest absolute Gasteiger partial charge is 0.507 e. The molecule has 3 aromatic carbocycles. The van der Waals surface area contributed by atoms with E-state index < -0.39 is 17.7 Å². The van der Waals surface area contributed by atoms with Crippen molar-refractivity contribution in [2.24, 2.45) is 0 Å². The molecule has 1 fully saturated rings. The maximum absolute atomic E-state index is 13.5. The lowest BCUT2D eigenvalue weighted by Crippen LogP contribution is -2.29. The molecule has 1 saturated heterocycles. The minimum absolute atomic E-state index is 0.0573. The van der Waals surface area contributed by atoms with Crippen LogP contribution in [0.2, 0.25) is 0 Å². The van der Waals surface area contributed by atoms with Crippen LogP contribution in [0.3, 0.4) is 0 Å². The maximum Gasteiger partial charge on any atom is 0.295 e. The van der Waals surface area contributed by atoms with Crippen molar-refractivity contribution in [3.63, 3.8) is 0 Å². The second kappa shape index (κ2) is 11.3. The Kier molecular flexibility index (Phi) is 7.90. The topological polar surface area (TPSA) is 94.5 Å². The summed E-state index contributed by atoms with van der Waals surface area (Å²) in [4.78, 5) is 28.5. The molecule has 0 bridgehead atoms. The summed E-state index contributed by atoms with van der Waals surface area (Å²) in [5.41, 5.74) is 1.51. The second-order valence-corrected chi connectivity index (χ2v) is 9.04. The van der Waals surface area contributed by atoms with Gasteiger partial charge in [0, 0.05) is 5.56 Å². The SMILES string of the molecule is COc1ccc(OC)c(/C(O)=C2\C(=O)C(=O)N(Cc3ccccc3OC)C2c2cccc(OC(C)C)c2)c1. The average Bonchev–Trinajstić information content (AvgIpc) is 3.17. The zero-order valence-electron chi connectivity index (χ0n) is 22.1. The van der Waals surface area contributed by atoms with Crippen LogP contribution in [0.25, 0.3) is 5.76 Å². The molecule has 1 aliphatic rings. The number of likely N-dealkylation sites (tertiary alicyclic amines) is 1. The third kappa shape index (κ3) is 5.16. The van der Waals surface area contributed by atoms with Crippen LogP contribution >= 0.6 is 0 Å². The van der Waals surface area contributed by atoms with Crippen LogP contribution in [0.4, 0.5) is 0 Å². The van der Waals surface area contributed by atoms with Gasteiger partial charge < -0.3 is 29.0 Å². The van der Waals surface area contributed by atoms with Crippen molar-refractivity contribution in [2.45, 2.75) is 32.5 Å². The van der Waals surface area contributed by atoms with Gasteiger partial charge in [-0.2, -0.15) is 0 Å². The van der Waals surface area contributed by atoms with Crippen LogP contribution in [0, 0.1) is 0 Å². The van der Waals surface area contributed by atoms with Gasteiger partial charge in [-0.3, -0.25) is 9.59 Å². The number of nitrogens with zero attached hydrogens (tertiary/aromatic N) is 1. The Hall–Kier alpha value is -4.46. The Morgan fingerprint density at radius 1 is 0.868 bits per heavy atom. The number of hydrogen-bond acceptors (Lipinski definition) is 7. The molecule has 0 aliphatic carbocycles. The molecule has 0 aromatic heterocycles. The number of ketones is 1. The molecule has 0 radical (unpaired) electrons. The summed E-state index contributed by atoms with van der Waals surface area (Å²) in [5, 5.41) is 11.6. The molecule has 0 spiro atoms. The number of amides is 1. The van der Waals surface area contributed by atoms with Crippen molar-refractivity contribution in [3.05, 3.63) is 89.0 Å². The summed E-state index contributed by atoms with van der Waals surface area (Å²) in [7, 11) is 4.51. The lowest BCUT2D eigenvalue weighted by molar-refractivity contribution is -0.140. The molecule has 1 heterocycles. The number of aliphatic hydroxyl groups excluding tert-OH is 1. The van der Waals surface area contributed by atoms with Gasteiger partial charge in [0.25, 0.3) is 11.7 Å². The van der Waals surface area contributed by atoms with Gasteiger partial charge in [0.15, 0.2) is 0 Å². The van der Waals surface area contributed by atoms with Crippen molar-refractivity contribution in [1.29, 1.82) is 0 Å². The van der Waals surface area contributed by atoms with E-state index in [9.17, 15) is 14.7 Å². The molecule has 8 heteroatoms. The highest BCUT2D eigenvalue weighted by molar-refractivity contribution is 6.46. The summed E-state index contributed by atoms with van der Waals surface area (Å²) in [6.45, 7) is 3.91. The highest BCUT2D eigenvalue weighted by Crippen LogP contribution is 2.43. The Bertz CT molecular complexity index is 1380. The summed E-state index contributed by atoms with van der Waals surface area (Å²) >= 11 is 0. The number of aliphatic hydroxyl groups is 1. The fourth-order valence-corrected chi connectivity index (χ4v) is 4.58. The molecule has 4 rings (SSSR count). The number of ether oxygens (including phenoxy) is 4. The van der Waals surface area contributed by atoms with Crippen LogP contribution in [0.1, 0.15) is 36.6 Å². The van der Waals surface area contributed by atoms with E-state index in [0.717, 1.165) is 5.56 Å². The van der Waals surface area contributed by atoms with Gasteiger partial charge in [0.05, 0.1) is 51.2 Å². The molecule has 1 unspecified atom stereocenters. The number of methoxy groups -OCH3 is 3. The van der Waals surface area contributed by atoms with Gasteiger partial charge in [-0.1, -0.05) is 30.3 Å². The van der Waals surface area contributed by atoms with E-state index in [2.05, 4.69) is 0 Å². The van der Waals surface area contributed by atoms with Gasteiger partial charge in [-0.05, 0) is 55.8 Å². The monoisotopic (exact) mass is 517 g/mol. The van der Waals surface area contributed by atoms with Gasteiger partial charge in [0.2, 0.25) is 0 Å². The number of benzene rings is 3. The lowest BCUT2D eigenvalue weighted by Gasteiger charge is -2.26. The maximum atomic E-state index is 13.5. The van der Waals surface area contributed by atoms with Crippen molar-refractivity contribution >= 4 is 17.4 Å². The van der Waals surface area contributed by atoms with Crippen LogP contribution in [0.15, 0.2) is 72.3 Å². The minimum Gasteiger partial charge on any atom is -0.507 e. The number of carbonyl (C=O) groups excluding carboxylic acids is 2. The van der Waals surface area contributed by atoms with E-state index in [4.69, 9.17) is 18.9 Å². The first kappa shape index (κ1) is 26.6. The number of para-hydroxylation sites is 1. The molecule has 198 valence electrons. The summed E-state index contributed by atoms with van der Waals surface area (Å²) in [6, 6.07) is 18.4. The van der Waals surface area contributed by atoms with Gasteiger partial charge in [0.1, 0.15) is 28.8 Å². The number of carbonyl (C=O) groups is 2. The summed E-state index contributed by atoms with van der Waals surface area (Å²) in [5.74, 6) is 0.0527. The van der Waals surface area contributed by atoms with E-state index in [1.165, 1.54) is 19.1 Å². The normalized spacial score (nSPS) is 16.6. The van der Waals surface area contributed by atoms with E-state index in [1.807, 2.05) is 32.0 Å². The molecular weight excluding hydrogens is 486 g/mol. The zero-order valence-corrected chi connectivity index (χ0v) is 22.1. The molecule has 38 heavy (non-hydrogen) atoms. The molecule has 1 amide bonds. The molecule has 1 N–H and O–H groups in total. The smallest absolute Gasteiger partial charge is 0.295 e. The van der Waals surface area contributed by atoms with Crippen LogP contribution in [-0.4, -0.2) is 49.1 Å². The number of rotatable bonds is 9. The van der Waals surface area contributed by atoms with Crippen LogP contribution < -0.4 is 18.9 Å². The summed E-state index contributed by atoms with van der Waals surface area (Å²) < 4.78 is 22.1. The third-order valence-corrected chi connectivity index (χ3v) is 6.28. The predicted octanol–water partition coefficient (Wildman–Crippen LogP) is 5.12. The lowest BCUT2D eigenvalue weighted by atomic mass is 9.94. The van der Waals surface area contributed by atoms with Crippen molar-refractivity contribution in [2.75, 3.05) is 21.3 Å². The minimum atomic E-state index is -0.897. The van der Waals surface area contributed by atoms with E-state index >= 15 is 0 Å². The molecular formula is C30H31NO7. The highest BCUT2D eigenvalue weighted by atomic mass is 16.5. The standard InChI is InChI=1S/C30H31NO7/c1-18(2)38-22-11-8-10-19(15-22)27-26(28(32)23-16-21(35-3)13-14-25(23)37-5)29(33)30(34)31(27)17-20-9-6-7-12-24(20)36-4/h6-16,18,27,32H,17H2,1-5H3/b28-26+. The Balaban J connectivity index is 1.93. The molecule has 1 atom stereocenters. The highest BCUT2D eigenvalue weighted by Gasteiger charge is 2.46. The fourth-order valence-electron chi connectivity index (χ4n) is 4.58. The van der Waals surface area contributed by atoms with Crippen molar-refractivity contribution in [3.8, 4) is 23.0 Å². The van der Waals surface area contributed by atoms with E-state index in [1.54, 1.807) is 55.6 Å². The second-order valence-electron chi connectivity index (χ2n) is 9.04. The predicted molar refractivity (Wildman–Crippen MR) is 143 cm³/mol. The Morgan fingerprint density at radius 2 is 1.61 bits per heavy atom. The summed E-state index contributed by atoms with van der Waals surface area (Å²) in [6.07, 6.45) is -0.0776.